The lowest BCUT2D eigenvalue weighted by Crippen LogP contribution is -2.40. The highest BCUT2D eigenvalue weighted by Crippen LogP contribution is 2.22. The van der Waals surface area contributed by atoms with Crippen molar-refractivity contribution in [3.63, 3.8) is 0 Å². The van der Waals surface area contributed by atoms with Gasteiger partial charge in [0.1, 0.15) is 18.0 Å². The van der Waals surface area contributed by atoms with E-state index in [1.54, 1.807) is 18.7 Å². The van der Waals surface area contributed by atoms with Gasteiger partial charge in [-0.05, 0) is 20.3 Å². The Morgan fingerprint density at radius 2 is 1.28 bits per heavy atom. The second kappa shape index (κ2) is 10.3. The van der Waals surface area contributed by atoms with Gasteiger partial charge in [0.05, 0.1) is 0 Å². The average molecular weight is 373 g/mol. The maximum absolute atomic E-state index is 12.6. The van der Waals surface area contributed by atoms with Gasteiger partial charge in [-0.25, -0.2) is 26.7 Å². The molecule has 0 amide bonds. The summed E-state index contributed by atoms with van der Waals surface area (Å²) in [5, 5.41) is 26.5. The molecule has 0 bridgehead atoms. The summed E-state index contributed by atoms with van der Waals surface area (Å²) in [6.07, 6.45) is 0.981. The summed E-state index contributed by atoms with van der Waals surface area (Å²) in [7, 11) is 0. The highest BCUT2D eigenvalue weighted by molar-refractivity contribution is 5.88. The monoisotopic (exact) mass is 373 g/mol. The second-order valence-corrected chi connectivity index (χ2v) is 5.11. The molecule has 0 aliphatic heterocycles. The maximum atomic E-state index is 12.6. The topological polar surface area (TPSA) is 81.0 Å². The summed E-state index contributed by atoms with van der Waals surface area (Å²) < 4.78 is 62.1. The van der Waals surface area contributed by atoms with E-state index < -0.39 is 53.1 Å². The standard InChI is InChI=1S/C8H19NO2.C7HF5O2/c1-4-5-6-9(7(2)10)8(3)11;8-2-1(7(13)14)3(9)5(11)6(12)4(2)10/h7-8,10-11H,4-6H2,1-3H3;(H,13,14). The smallest absolute Gasteiger partial charge is 0.341 e. The lowest BCUT2D eigenvalue weighted by molar-refractivity contribution is -0.0842. The van der Waals surface area contributed by atoms with E-state index in [1.165, 1.54) is 0 Å². The highest BCUT2D eigenvalue weighted by Gasteiger charge is 2.29. The quantitative estimate of drug-likeness (QED) is 0.309. The molecule has 0 spiro atoms. The van der Waals surface area contributed by atoms with Crippen molar-refractivity contribution in [1.82, 2.24) is 4.90 Å². The van der Waals surface area contributed by atoms with Gasteiger partial charge in [0.15, 0.2) is 23.3 Å². The van der Waals surface area contributed by atoms with E-state index in [1.807, 2.05) is 0 Å². The summed E-state index contributed by atoms with van der Waals surface area (Å²) in [5.74, 6) is -13.9. The number of carbonyl (C=O) groups is 1. The third-order valence-electron chi connectivity index (χ3n) is 3.15. The number of rotatable bonds is 6. The summed E-state index contributed by atoms with van der Waals surface area (Å²) in [4.78, 5) is 11.8. The Balaban J connectivity index is 0.000000477. The van der Waals surface area contributed by atoms with Crippen LogP contribution in [0.2, 0.25) is 0 Å². The van der Waals surface area contributed by atoms with Crippen molar-refractivity contribution < 1.29 is 42.1 Å². The number of aliphatic hydroxyl groups is 2. The average Bonchev–Trinajstić information content (AvgIpc) is 2.51. The molecule has 0 heterocycles. The first-order valence-corrected chi connectivity index (χ1v) is 7.33. The number of aliphatic hydroxyl groups excluding tert-OH is 2. The number of unbranched alkanes of at least 4 members (excludes halogenated alkanes) is 1. The molecule has 0 radical (unpaired) electrons. The predicted molar refractivity (Wildman–Crippen MR) is 78.2 cm³/mol. The van der Waals surface area contributed by atoms with Gasteiger partial charge >= 0.3 is 5.97 Å². The molecule has 25 heavy (non-hydrogen) atoms. The Hall–Kier alpha value is -1.78. The Labute approximate surface area is 141 Å². The van der Waals surface area contributed by atoms with Crippen LogP contribution < -0.4 is 0 Å². The van der Waals surface area contributed by atoms with Gasteiger partial charge in [0.2, 0.25) is 5.82 Å². The molecule has 1 aromatic carbocycles. The Bertz CT molecular complexity index is 559. The van der Waals surface area contributed by atoms with Crippen LogP contribution in [-0.4, -0.2) is 45.2 Å². The maximum Gasteiger partial charge on any atom is 0.341 e. The minimum Gasteiger partial charge on any atom is -0.477 e. The van der Waals surface area contributed by atoms with Crippen LogP contribution in [0, 0.1) is 29.1 Å². The van der Waals surface area contributed by atoms with E-state index in [2.05, 4.69) is 6.92 Å². The molecule has 2 unspecified atom stereocenters. The third kappa shape index (κ3) is 6.22. The van der Waals surface area contributed by atoms with Gasteiger partial charge in [-0.2, -0.15) is 0 Å². The van der Waals surface area contributed by atoms with Crippen molar-refractivity contribution >= 4 is 5.97 Å². The van der Waals surface area contributed by atoms with Crippen LogP contribution in [0.25, 0.3) is 0 Å². The van der Waals surface area contributed by atoms with Crippen molar-refractivity contribution in [1.29, 1.82) is 0 Å². The summed E-state index contributed by atoms with van der Waals surface area (Å²) >= 11 is 0. The molecule has 0 fully saturated rings. The molecular weight excluding hydrogens is 353 g/mol. The van der Waals surface area contributed by atoms with Crippen LogP contribution in [0.5, 0.6) is 0 Å². The van der Waals surface area contributed by atoms with Gasteiger partial charge < -0.3 is 15.3 Å². The number of carboxylic acid groups (broad SMARTS) is 1. The highest BCUT2D eigenvalue weighted by atomic mass is 19.2. The predicted octanol–water partition coefficient (Wildman–Crippen LogP) is 2.85. The number of nitrogens with zero attached hydrogens (tertiary/aromatic N) is 1. The number of halogens is 5. The van der Waals surface area contributed by atoms with Gasteiger partial charge in [-0.3, -0.25) is 4.90 Å². The first-order valence-electron chi connectivity index (χ1n) is 7.33. The van der Waals surface area contributed by atoms with Gasteiger partial charge in [-0.15, -0.1) is 0 Å². The lowest BCUT2D eigenvalue weighted by Gasteiger charge is -2.27. The van der Waals surface area contributed by atoms with Crippen LogP contribution in [0.15, 0.2) is 0 Å². The summed E-state index contributed by atoms with van der Waals surface area (Å²) in [6.45, 7) is 6.18. The molecule has 5 nitrogen and oxygen atoms in total. The number of benzene rings is 1. The van der Waals surface area contributed by atoms with Crippen molar-refractivity contribution in [2.24, 2.45) is 0 Å². The molecule has 1 aromatic rings. The Morgan fingerprint density at radius 3 is 1.56 bits per heavy atom. The molecule has 144 valence electrons. The van der Waals surface area contributed by atoms with Crippen molar-refractivity contribution in [2.45, 2.75) is 46.1 Å². The molecule has 1 rings (SSSR count). The zero-order chi connectivity index (χ0) is 19.9. The molecular formula is C15H20F5NO4. The van der Waals surface area contributed by atoms with E-state index in [0.29, 0.717) is 0 Å². The Kier molecular flexibility index (Phi) is 9.53. The number of hydrogen-bond donors (Lipinski definition) is 3. The molecule has 0 saturated heterocycles. The van der Waals surface area contributed by atoms with E-state index in [-0.39, 0.29) is 0 Å². The van der Waals surface area contributed by atoms with E-state index in [4.69, 9.17) is 5.11 Å². The molecule has 0 aliphatic rings. The number of hydrogen-bond acceptors (Lipinski definition) is 4. The summed E-state index contributed by atoms with van der Waals surface area (Å²) in [5.41, 5.74) is -1.86. The number of aromatic carboxylic acids is 1. The lowest BCUT2D eigenvalue weighted by atomic mass is 10.1. The van der Waals surface area contributed by atoms with E-state index in [0.717, 1.165) is 19.4 Å². The van der Waals surface area contributed by atoms with Crippen LogP contribution in [-0.2, 0) is 0 Å². The van der Waals surface area contributed by atoms with Gasteiger partial charge in [0.25, 0.3) is 0 Å². The van der Waals surface area contributed by atoms with Crippen molar-refractivity contribution in [2.75, 3.05) is 6.54 Å². The molecule has 0 aromatic heterocycles. The van der Waals surface area contributed by atoms with Crippen LogP contribution >= 0.6 is 0 Å². The number of carboxylic acids is 1. The normalized spacial score (nSPS) is 13.2. The van der Waals surface area contributed by atoms with Gasteiger partial charge in [-0.1, -0.05) is 13.3 Å². The fourth-order valence-electron chi connectivity index (χ4n) is 1.82. The molecule has 3 N–H and O–H groups in total. The first-order chi connectivity index (χ1) is 11.5. The van der Waals surface area contributed by atoms with Gasteiger partial charge in [0, 0.05) is 6.54 Å². The first kappa shape index (κ1) is 23.2. The minimum atomic E-state index is -2.38. The summed E-state index contributed by atoms with van der Waals surface area (Å²) in [6, 6.07) is 0. The van der Waals surface area contributed by atoms with E-state index in [9.17, 15) is 37.0 Å². The van der Waals surface area contributed by atoms with Crippen molar-refractivity contribution in [3.05, 3.63) is 34.6 Å². The molecule has 0 saturated carbocycles. The SMILES string of the molecule is CCCCN(C(C)O)C(C)O.O=C(O)c1c(F)c(F)c(F)c(F)c1F. The molecule has 10 heteroatoms. The van der Waals surface area contributed by atoms with Crippen LogP contribution in [0.3, 0.4) is 0 Å². The molecule has 0 aliphatic carbocycles. The van der Waals surface area contributed by atoms with Crippen LogP contribution in [0.4, 0.5) is 22.0 Å². The zero-order valence-electron chi connectivity index (χ0n) is 13.9. The van der Waals surface area contributed by atoms with Crippen molar-refractivity contribution in [3.8, 4) is 0 Å². The fourth-order valence-corrected chi connectivity index (χ4v) is 1.82. The third-order valence-corrected chi connectivity index (χ3v) is 3.15. The second-order valence-electron chi connectivity index (χ2n) is 5.11. The van der Waals surface area contributed by atoms with E-state index >= 15 is 0 Å². The zero-order valence-corrected chi connectivity index (χ0v) is 13.9. The van der Waals surface area contributed by atoms with Crippen LogP contribution in [0.1, 0.15) is 44.0 Å². The Morgan fingerprint density at radius 1 is 0.920 bits per heavy atom. The fraction of sp³-hybridized carbons (Fsp3) is 0.533. The minimum absolute atomic E-state index is 0.554. The largest absolute Gasteiger partial charge is 0.477 e. The molecule has 2 atom stereocenters.